The number of fused-ring (bicyclic) bond motifs is 1. The summed E-state index contributed by atoms with van der Waals surface area (Å²) in [5, 5.41) is 3.78. The molecule has 2 aromatic heterocycles. The van der Waals surface area contributed by atoms with Crippen molar-refractivity contribution in [2.75, 3.05) is 11.9 Å². The first-order chi connectivity index (χ1) is 9.76. The number of benzene rings is 1. The Morgan fingerprint density at radius 2 is 2.30 bits per heavy atom. The monoisotopic (exact) mass is 288 g/mol. The molecule has 0 spiro atoms. The summed E-state index contributed by atoms with van der Waals surface area (Å²) < 4.78 is 7.66. The van der Waals surface area contributed by atoms with Crippen LogP contribution in [0.3, 0.4) is 0 Å². The van der Waals surface area contributed by atoms with Crippen molar-refractivity contribution in [2.45, 2.75) is 6.92 Å². The van der Waals surface area contributed by atoms with Gasteiger partial charge < -0.3 is 10.1 Å². The number of nitrogens with zero attached hydrogens (tertiary/aromatic N) is 3. The molecule has 0 aliphatic heterocycles. The van der Waals surface area contributed by atoms with E-state index in [1.54, 1.807) is 18.3 Å². The highest BCUT2D eigenvalue weighted by molar-refractivity contribution is 6.30. The first-order valence-corrected chi connectivity index (χ1v) is 6.65. The van der Waals surface area contributed by atoms with Crippen molar-refractivity contribution in [3.05, 3.63) is 47.9 Å². The van der Waals surface area contributed by atoms with Gasteiger partial charge >= 0.3 is 0 Å². The summed E-state index contributed by atoms with van der Waals surface area (Å²) in [7, 11) is 0. The van der Waals surface area contributed by atoms with E-state index in [9.17, 15) is 0 Å². The third-order valence-corrected chi connectivity index (χ3v) is 2.95. The van der Waals surface area contributed by atoms with Crippen LogP contribution in [0.5, 0.6) is 11.6 Å². The van der Waals surface area contributed by atoms with Gasteiger partial charge in [-0.25, -0.2) is 4.98 Å². The molecule has 0 saturated carbocycles. The van der Waals surface area contributed by atoms with Crippen molar-refractivity contribution in [2.24, 2.45) is 0 Å². The van der Waals surface area contributed by atoms with E-state index < -0.39 is 0 Å². The number of imidazole rings is 1. The largest absolute Gasteiger partial charge is 0.436 e. The number of hydrogen-bond donors (Lipinski definition) is 1. The zero-order valence-electron chi connectivity index (χ0n) is 10.9. The van der Waals surface area contributed by atoms with Gasteiger partial charge in [-0.1, -0.05) is 17.7 Å². The number of halogens is 1. The molecule has 2 heterocycles. The van der Waals surface area contributed by atoms with Gasteiger partial charge in [0.2, 0.25) is 5.65 Å². The van der Waals surface area contributed by atoms with E-state index in [0.29, 0.717) is 22.3 Å². The molecular formula is C14H13ClN4O. The van der Waals surface area contributed by atoms with Crippen LogP contribution in [0.2, 0.25) is 5.02 Å². The second-order valence-corrected chi connectivity index (χ2v) is 4.62. The maximum atomic E-state index is 5.96. The zero-order valence-corrected chi connectivity index (χ0v) is 11.6. The van der Waals surface area contributed by atoms with Crippen molar-refractivity contribution in [1.82, 2.24) is 14.4 Å². The molecule has 20 heavy (non-hydrogen) atoms. The highest BCUT2D eigenvalue weighted by Crippen LogP contribution is 2.26. The Balaban J connectivity index is 2.02. The molecule has 1 aromatic carbocycles. The average Bonchev–Trinajstić information content (AvgIpc) is 2.87. The van der Waals surface area contributed by atoms with Gasteiger partial charge in [0, 0.05) is 24.0 Å². The summed E-state index contributed by atoms with van der Waals surface area (Å²) in [6.07, 6.45) is 5.43. The highest BCUT2D eigenvalue weighted by Gasteiger charge is 2.09. The highest BCUT2D eigenvalue weighted by atomic mass is 35.5. The van der Waals surface area contributed by atoms with Crippen LogP contribution in [-0.4, -0.2) is 20.9 Å². The van der Waals surface area contributed by atoms with Crippen molar-refractivity contribution in [1.29, 1.82) is 0 Å². The quantitative estimate of drug-likeness (QED) is 0.797. The third kappa shape index (κ3) is 2.53. The zero-order chi connectivity index (χ0) is 13.9. The normalized spacial score (nSPS) is 10.7. The van der Waals surface area contributed by atoms with Crippen molar-refractivity contribution in [3.8, 4) is 11.6 Å². The third-order valence-electron chi connectivity index (χ3n) is 2.71. The lowest BCUT2D eigenvalue weighted by Gasteiger charge is -2.09. The average molecular weight is 289 g/mol. The number of anilines is 1. The van der Waals surface area contributed by atoms with Crippen LogP contribution in [0.1, 0.15) is 6.92 Å². The first-order valence-electron chi connectivity index (χ1n) is 6.27. The van der Waals surface area contributed by atoms with Crippen LogP contribution in [0.25, 0.3) is 5.65 Å². The Morgan fingerprint density at radius 1 is 1.40 bits per heavy atom. The van der Waals surface area contributed by atoms with Crippen LogP contribution in [0.15, 0.2) is 42.9 Å². The minimum absolute atomic E-state index is 0.440. The summed E-state index contributed by atoms with van der Waals surface area (Å²) in [6, 6.07) is 7.19. The fourth-order valence-electron chi connectivity index (χ4n) is 1.88. The summed E-state index contributed by atoms with van der Waals surface area (Å²) in [5.41, 5.74) is 0.659. The molecule has 0 amide bonds. The predicted molar refractivity (Wildman–Crippen MR) is 78.7 cm³/mol. The molecule has 0 aliphatic rings. The van der Waals surface area contributed by atoms with Crippen molar-refractivity contribution >= 4 is 23.1 Å². The minimum Gasteiger partial charge on any atom is -0.436 e. The van der Waals surface area contributed by atoms with Crippen LogP contribution in [-0.2, 0) is 0 Å². The van der Waals surface area contributed by atoms with Gasteiger partial charge in [-0.05, 0) is 25.1 Å². The maximum Gasteiger partial charge on any atom is 0.265 e. The van der Waals surface area contributed by atoms with Gasteiger partial charge in [-0.15, -0.1) is 0 Å². The van der Waals surface area contributed by atoms with Gasteiger partial charge in [-0.3, -0.25) is 4.40 Å². The predicted octanol–water partition coefficient (Wildman–Crippen LogP) is 3.61. The Labute approximate surface area is 121 Å². The fraction of sp³-hybridized carbons (Fsp3) is 0.143. The summed E-state index contributed by atoms with van der Waals surface area (Å²) in [4.78, 5) is 8.68. The number of nitrogens with one attached hydrogen (secondary N) is 1. The molecule has 5 nitrogen and oxygen atoms in total. The minimum atomic E-state index is 0.440. The Bertz CT molecular complexity index is 741. The van der Waals surface area contributed by atoms with Gasteiger partial charge in [-0.2, -0.15) is 4.98 Å². The fourth-order valence-corrected chi connectivity index (χ4v) is 2.06. The Morgan fingerprint density at radius 3 is 3.10 bits per heavy atom. The van der Waals surface area contributed by atoms with Gasteiger partial charge in [0.25, 0.3) is 5.88 Å². The molecular weight excluding hydrogens is 276 g/mol. The van der Waals surface area contributed by atoms with Crippen LogP contribution in [0.4, 0.5) is 5.82 Å². The second kappa shape index (κ2) is 5.38. The molecule has 6 heteroatoms. The van der Waals surface area contributed by atoms with Crippen LogP contribution >= 0.6 is 11.6 Å². The lowest BCUT2D eigenvalue weighted by atomic mass is 10.3. The number of hydrogen-bond acceptors (Lipinski definition) is 4. The van der Waals surface area contributed by atoms with Crippen LogP contribution < -0.4 is 10.1 Å². The van der Waals surface area contributed by atoms with E-state index >= 15 is 0 Å². The van der Waals surface area contributed by atoms with E-state index in [1.807, 2.05) is 35.9 Å². The first kappa shape index (κ1) is 12.7. The molecule has 0 unspecified atom stereocenters. The smallest absolute Gasteiger partial charge is 0.265 e. The molecule has 0 atom stereocenters. The molecule has 0 fully saturated rings. The standard InChI is InChI=1S/C14H13ClN4O/c1-2-16-12-9-19-7-6-17-13(19)14(18-12)20-11-5-3-4-10(15)8-11/h3-9,16H,2H2,1H3. The number of ether oxygens (including phenoxy) is 1. The van der Waals surface area contributed by atoms with E-state index in [2.05, 4.69) is 15.3 Å². The summed E-state index contributed by atoms with van der Waals surface area (Å²) >= 11 is 5.96. The summed E-state index contributed by atoms with van der Waals surface area (Å²) in [6.45, 7) is 2.79. The molecule has 1 N–H and O–H groups in total. The van der Waals surface area contributed by atoms with Crippen molar-refractivity contribution < 1.29 is 4.74 Å². The van der Waals surface area contributed by atoms with Gasteiger partial charge in [0.05, 0.1) is 6.20 Å². The summed E-state index contributed by atoms with van der Waals surface area (Å²) in [5.74, 6) is 1.80. The maximum absolute atomic E-state index is 5.96. The van der Waals surface area contributed by atoms with Gasteiger partial charge in [0.15, 0.2) is 0 Å². The lowest BCUT2D eigenvalue weighted by molar-refractivity contribution is 0.466. The number of rotatable bonds is 4. The molecule has 3 aromatic rings. The molecule has 0 aliphatic carbocycles. The molecule has 0 radical (unpaired) electrons. The topological polar surface area (TPSA) is 51.5 Å². The Hall–Kier alpha value is -2.27. The molecule has 0 saturated heterocycles. The second-order valence-electron chi connectivity index (χ2n) is 4.18. The van der Waals surface area contributed by atoms with E-state index in [0.717, 1.165) is 12.4 Å². The molecule has 102 valence electrons. The number of aromatic nitrogens is 3. The van der Waals surface area contributed by atoms with Crippen LogP contribution in [0, 0.1) is 0 Å². The van der Waals surface area contributed by atoms with E-state index in [1.165, 1.54) is 0 Å². The molecule has 3 rings (SSSR count). The Kier molecular flexibility index (Phi) is 3.43. The lowest BCUT2D eigenvalue weighted by Crippen LogP contribution is -2.03. The SMILES string of the molecule is CCNc1cn2ccnc2c(Oc2cccc(Cl)c2)n1. The van der Waals surface area contributed by atoms with Crippen molar-refractivity contribution in [3.63, 3.8) is 0 Å². The molecule has 0 bridgehead atoms. The van der Waals surface area contributed by atoms with Gasteiger partial charge in [0.1, 0.15) is 11.6 Å². The van der Waals surface area contributed by atoms with E-state index in [-0.39, 0.29) is 0 Å². The van der Waals surface area contributed by atoms with E-state index in [4.69, 9.17) is 16.3 Å².